The van der Waals surface area contributed by atoms with Crippen LogP contribution in [0.15, 0.2) is 60.8 Å². The molecule has 0 unspecified atom stereocenters. The van der Waals surface area contributed by atoms with Gasteiger partial charge in [-0.25, -0.2) is 0 Å². The van der Waals surface area contributed by atoms with E-state index in [9.17, 15) is 4.79 Å². The first-order chi connectivity index (χ1) is 13.5. The molecule has 1 N–H and O–H groups in total. The van der Waals surface area contributed by atoms with Gasteiger partial charge in [-0.3, -0.25) is 9.48 Å². The molecule has 0 saturated heterocycles. The van der Waals surface area contributed by atoms with Gasteiger partial charge in [-0.1, -0.05) is 23.7 Å². The minimum atomic E-state index is -0.871. The number of aryl methyl sites for hydroxylation is 1. The molecule has 0 bridgehead atoms. The number of rotatable bonds is 6. The Hall–Kier alpha value is -3.25. The molecule has 2 aromatic carbocycles. The molecule has 0 radical (unpaired) electrons. The Balaban J connectivity index is 1.49. The largest absolute Gasteiger partial charge is 0.487 e. The predicted octanol–water partition coefficient (Wildman–Crippen LogP) is 4.36. The lowest BCUT2D eigenvalue weighted by Gasteiger charge is -2.06. The molecule has 2 heterocycles. The lowest BCUT2D eigenvalue weighted by atomic mass is 10.1. The van der Waals surface area contributed by atoms with Crippen molar-refractivity contribution in [2.45, 2.75) is 13.2 Å². The summed E-state index contributed by atoms with van der Waals surface area (Å²) in [6.07, 6.45) is 1.76. The number of aromatic nitrogens is 3. The third-order valence-electron chi connectivity index (χ3n) is 4.51. The molecule has 2 aromatic heterocycles. The lowest BCUT2D eigenvalue weighted by Crippen LogP contribution is -2.07. The maximum Gasteiger partial charge on any atom is 0.323 e. The maximum atomic E-state index is 10.9. The number of fused-ring (bicyclic) bond motifs is 1. The van der Waals surface area contributed by atoms with E-state index >= 15 is 0 Å². The summed E-state index contributed by atoms with van der Waals surface area (Å²) in [5.74, 6) is -0.163. The van der Waals surface area contributed by atoms with E-state index in [0.717, 1.165) is 27.9 Å². The number of ether oxygens (including phenoxy) is 1. The first-order valence-corrected chi connectivity index (χ1v) is 9.10. The van der Waals surface area contributed by atoms with Crippen molar-refractivity contribution >= 4 is 28.5 Å². The van der Waals surface area contributed by atoms with Gasteiger partial charge in [-0.2, -0.15) is 5.10 Å². The lowest BCUT2D eigenvalue weighted by molar-refractivity contribution is -0.137. The number of hydrogen-bond acceptors (Lipinski definition) is 3. The van der Waals surface area contributed by atoms with Gasteiger partial charge >= 0.3 is 5.97 Å². The SMILES string of the molecule is Cn1nc(COc2ccc3c(ccn3CC(=O)O)c2)cc1-c1ccc(Cl)cc1. The number of benzene rings is 2. The number of halogens is 1. The van der Waals surface area contributed by atoms with Crippen molar-refractivity contribution in [1.29, 1.82) is 0 Å². The third kappa shape index (κ3) is 3.73. The minimum Gasteiger partial charge on any atom is -0.487 e. The molecule has 7 heteroatoms. The molecule has 4 rings (SSSR count). The zero-order valence-corrected chi connectivity index (χ0v) is 15.9. The summed E-state index contributed by atoms with van der Waals surface area (Å²) < 4.78 is 9.40. The zero-order chi connectivity index (χ0) is 19.7. The second-order valence-electron chi connectivity index (χ2n) is 6.50. The summed E-state index contributed by atoms with van der Waals surface area (Å²) in [4.78, 5) is 10.9. The van der Waals surface area contributed by atoms with Crippen molar-refractivity contribution < 1.29 is 14.6 Å². The van der Waals surface area contributed by atoms with Gasteiger partial charge in [0.15, 0.2) is 0 Å². The summed E-state index contributed by atoms with van der Waals surface area (Å²) in [6, 6.07) is 17.1. The van der Waals surface area contributed by atoms with Gasteiger partial charge in [0.1, 0.15) is 24.6 Å². The molecule has 4 aromatic rings. The quantitative estimate of drug-likeness (QED) is 0.526. The molecule has 28 heavy (non-hydrogen) atoms. The van der Waals surface area contributed by atoms with E-state index < -0.39 is 5.97 Å². The van der Waals surface area contributed by atoms with E-state index in [1.807, 2.05) is 66.3 Å². The topological polar surface area (TPSA) is 69.3 Å². The minimum absolute atomic E-state index is 0.0644. The molecule has 142 valence electrons. The average molecular weight is 396 g/mol. The molecular formula is C21H18ClN3O3. The van der Waals surface area contributed by atoms with Crippen LogP contribution < -0.4 is 4.74 Å². The summed E-state index contributed by atoms with van der Waals surface area (Å²) in [5.41, 5.74) is 3.69. The predicted molar refractivity (Wildman–Crippen MR) is 108 cm³/mol. The third-order valence-corrected chi connectivity index (χ3v) is 4.76. The van der Waals surface area contributed by atoms with E-state index in [4.69, 9.17) is 21.4 Å². The second-order valence-corrected chi connectivity index (χ2v) is 6.93. The normalized spacial score (nSPS) is 11.1. The molecule has 0 aliphatic carbocycles. The van der Waals surface area contributed by atoms with E-state index in [2.05, 4.69) is 5.10 Å². The van der Waals surface area contributed by atoms with Gasteiger partial charge < -0.3 is 14.4 Å². The smallest absolute Gasteiger partial charge is 0.323 e. The van der Waals surface area contributed by atoms with Crippen LogP contribution in [0.25, 0.3) is 22.2 Å². The highest BCUT2D eigenvalue weighted by Gasteiger charge is 2.10. The fraction of sp³-hybridized carbons (Fsp3) is 0.143. The Kier molecular flexibility index (Phi) is 4.79. The Morgan fingerprint density at radius 1 is 1.14 bits per heavy atom. The van der Waals surface area contributed by atoms with Gasteiger partial charge in [0.2, 0.25) is 0 Å². The number of aliphatic carboxylic acids is 1. The van der Waals surface area contributed by atoms with Gasteiger partial charge in [-0.05, 0) is 48.0 Å². The first kappa shape index (κ1) is 18.1. The Morgan fingerprint density at radius 2 is 1.93 bits per heavy atom. The van der Waals surface area contributed by atoms with Crippen LogP contribution in [-0.4, -0.2) is 25.4 Å². The number of nitrogens with zero attached hydrogens (tertiary/aromatic N) is 3. The Labute approximate surface area is 166 Å². The van der Waals surface area contributed by atoms with Crippen molar-refractivity contribution in [1.82, 2.24) is 14.3 Å². The number of carboxylic acid groups (broad SMARTS) is 1. The summed E-state index contributed by atoms with van der Waals surface area (Å²) in [7, 11) is 1.89. The van der Waals surface area contributed by atoms with Crippen LogP contribution in [0.5, 0.6) is 5.75 Å². The van der Waals surface area contributed by atoms with Crippen LogP contribution in [0.3, 0.4) is 0 Å². The zero-order valence-electron chi connectivity index (χ0n) is 15.2. The number of carbonyl (C=O) groups is 1. The van der Waals surface area contributed by atoms with E-state index in [0.29, 0.717) is 17.4 Å². The molecule has 0 atom stereocenters. The van der Waals surface area contributed by atoms with Crippen molar-refractivity contribution in [3.63, 3.8) is 0 Å². The fourth-order valence-electron chi connectivity index (χ4n) is 3.20. The van der Waals surface area contributed by atoms with Crippen molar-refractivity contribution in [2.24, 2.45) is 7.05 Å². The summed E-state index contributed by atoms with van der Waals surface area (Å²) >= 11 is 5.96. The van der Waals surface area contributed by atoms with Crippen LogP contribution in [-0.2, 0) is 25.0 Å². The van der Waals surface area contributed by atoms with Crippen LogP contribution in [0.1, 0.15) is 5.69 Å². The summed E-state index contributed by atoms with van der Waals surface area (Å²) in [5, 5.41) is 15.1. The van der Waals surface area contributed by atoms with Crippen molar-refractivity contribution in [3.05, 3.63) is 71.5 Å². The summed E-state index contributed by atoms with van der Waals surface area (Å²) in [6.45, 7) is 0.272. The van der Waals surface area contributed by atoms with Crippen LogP contribution >= 0.6 is 11.6 Å². The highest BCUT2D eigenvalue weighted by Crippen LogP contribution is 2.25. The van der Waals surface area contributed by atoms with E-state index in [1.54, 1.807) is 10.8 Å². The monoisotopic (exact) mass is 395 g/mol. The number of hydrogen-bond donors (Lipinski definition) is 1. The average Bonchev–Trinajstić information content (AvgIpc) is 3.23. The van der Waals surface area contributed by atoms with Crippen LogP contribution in [0.2, 0.25) is 5.02 Å². The van der Waals surface area contributed by atoms with Gasteiger partial charge in [0.05, 0.1) is 5.69 Å². The van der Waals surface area contributed by atoms with Crippen LogP contribution in [0.4, 0.5) is 0 Å². The molecular weight excluding hydrogens is 378 g/mol. The number of carboxylic acids is 1. The molecule has 0 saturated carbocycles. The standard InChI is InChI=1S/C21H18ClN3O3/c1-24-20(14-2-4-16(22)5-3-14)11-17(23-24)13-28-18-6-7-19-15(10-18)8-9-25(19)12-21(26)27/h2-11H,12-13H2,1H3,(H,26,27). The maximum absolute atomic E-state index is 10.9. The van der Waals surface area contributed by atoms with Crippen molar-refractivity contribution in [2.75, 3.05) is 0 Å². The molecule has 0 aliphatic heterocycles. The second kappa shape index (κ2) is 7.40. The molecule has 0 spiro atoms. The highest BCUT2D eigenvalue weighted by atomic mass is 35.5. The molecule has 0 aliphatic rings. The molecule has 0 fully saturated rings. The van der Waals surface area contributed by atoms with Gasteiger partial charge in [0, 0.05) is 29.2 Å². The Morgan fingerprint density at radius 3 is 2.68 bits per heavy atom. The first-order valence-electron chi connectivity index (χ1n) is 8.72. The fourth-order valence-corrected chi connectivity index (χ4v) is 3.32. The van der Waals surface area contributed by atoms with Crippen molar-refractivity contribution in [3.8, 4) is 17.0 Å². The molecule has 0 amide bonds. The van der Waals surface area contributed by atoms with E-state index in [1.165, 1.54) is 0 Å². The van der Waals surface area contributed by atoms with Crippen LogP contribution in [0, 0.1) is 0 Å². The highest BCUT2D eigenvalue weighted by molar-refractivity contribution is 6.30. The van der Waals surface area contributed by atoms with Gasteiger partial charge in [-0.15, -0.1) is 0 Å². The molecule has 6 nitrogen and oxygen atoms in total. The Bertz CT molecular complexity index is 1150. The van der Waals surface area contributed by atoms with Gasteiger partial charge in [0.25, 0.3) is 0 Å². The van der Waals surface area contributed by atoms with E-state index in [-0.39, 0.29) is 6.54 Å².